The molecule has 1 atom stereocenters. The van der Waals surface area contributed by atoms with Crippen molar-refractivity contribution in [3.05, 3.63) is 54.0 Å². The molecule has 0 saturated heterocycles. The van der Waals surface area contributed by atoms with Crippen molar-refractivity contribution in [2.24, 2.45) is 10.9 Å². The predicted octanol–water partition coefficient (Wildman–Crippen LogP) is 3.93. The fourth-order valence-corrected chi connectivity index (χ4v) is 5.58. The van der Waals surface area contributed by atoms with Crippen molar-refractivity contribution in [2.75, 3.05) is 5.73 Å². The number of benzene rings is 1. The van der Waals surface area contributed by atoms with Crippen molar-refractivity contribution < 1.29 is 8.42 Å². The second-order valence-electron chi connectivity index (χ2n) is 8.80. The molecule has 4 rings (SSSR count). The van der Waals surface area contributed by atoms with Crippen LogP contribution in [0.4, 0.5) is 5.82 Å². The molecule has 10 heteroatoms. The van der Waals surface area contributed by atoms with Gasteiger partial charge in [0, 0.05) is 24.0 Å². The number of aryl methyl sites for hydroxylation is 2. The SMILES string of the molecule is CCCCc1nc2c(N)nc3ccccc3c2n1CCCCC1(S(N)(=O)=O)C=CC(N)=CC1.Cl. The molecule has 0 spiro atoms. The Labute approximate surface area is 206 Å². The number of para-hydroxylation sites is 1. The summed E-state index contributed by atoms with van der Waals surface area (Å²) in [7, 11) is -3.77. The average Bonchev–Trinajstić information content (AvgIpc) is 3.15. The van der Waals surface area contributed by atoms with Crippen LogP contribution in [-0.2, 0) is 23.0 Å². The van der Waals surface area contributed by atoms with Crippen molar-refractivity contribution in [2.45, 2.75) is 63.2 Å². The largest absolute Gasteiger partial charge is 0.399 e. The number of halogens is 1. The van der Waals surface area contributed by atoms with E-state index >= 15 is 0 Å². The van der Waals surface area contributed by atoms with E-state index in [1.807, 2.05) is 24.3 Å². The first kappa shape index (κ1) is 26.0. The van der Waals surface area contributed by atoms with Gasteiger partial charge in [-0.15, -0.1) is 12.4 Å². The summed E-state index contributed by atoms with van der Waals surface area (Å²) in [4.78, 5) is 9.39. The minimum absolute atomic E-state index is 0. The number of rotatable bonds is 9. The minimum atomic E-state index is -3.77. The van der Waals surface area contributed by atoms with Gasteiger partial charge < -0.3 is 16.0 Å². The molecule has 1 unspecified atom stereocenters. The van der Waals surface area contributed by atoms with E-state index in [2.05, 4.69) is 16.5 Å². The van der Waals surface area contributed by atoms with Gasteiger partial charge in [-0.25, -0.2) is 23.5 Å². The molecule has 1 aromatic carbocycles. The highest BCUT2D eigenvalue weighted by atomic mass is 35.5. The van der Waals surface area contributed by atoms with Gasteiger partial charge in [-0.3, -0.25) is 0 Å². The topological polar surface area (TPSA) is 143 Å². The van der Waals surface area contributed by atoms with E-state index in [9.17, 15) is 8.42 Å². The van der Waals surface area contributed by atoms with Crippen LogP contribution in [0, 0.1) is 0 Å². The summed E-state index contributed by atoms with van der Waals surface area (Å²) in [5.74, 6) is 1.43. The van der Waals surface area contributed by atoms with Crippen LogP contribution in [0.25, 0.3) is 21.9 Å². The molecular formula is C24H33ClN6O2S. The summed E-state index contributed by atoms with van der Waals surface area (Å²) >= 11 is 0. The molecule has 0 fully saturated rings. The quantitative estimate of drug-likeness (QED) is 0.376. The number of imidazole rings is 1. The second kappa shape index (κ2) is 10.3. The number of primary sulfonamides is 1. The molecule has 8 nitrogen and oxygen atoms in total. The highest BCUT2D eigenvalue weighted by Gasteiger charge is 2.39. The minimum Gasteiger partial charge on any atom is -0.399 e. The molecular weight excluding hydrogens is 472 g/mol. The number of aromatic nitrogens is 3. The van der Waals surface area contributed by atoms with Crippen molar-refractivity contribution >= 4 is 50.2 Å². The van der Waals surface area contributed by atoms with Gasteiger partial charge >= 0.3 is 0 Å². The van der Waals surface area contributed by atoms with E-state index < -0.39 is 14.8 Å². The zero-order valence-electron chi connectivity index (χ0n) is 19.4. The number of hydrogen-bond donors (Lipinski definition) is 3. The van der Waals surface area contributed by atoms with E-state index in [4.69, 9.17) is 21.6 Å². The maximum atomic E-state index is 12.4. The highest BCUT2D eigenvalue weighted by molar-refractivity contribution is 7.90. The first-order valence-electron chi connectivity index (χ1n) is 11.5. The Morgan fingerprint density at radius 3 is 2.56 bits per heavy atom. The summed E-state index contributed by atoms with van der Waals surface area (Å²) in [5, 5.41) is 6.64. The number of nitrogens with two attached hydrogens (primary N) is 3. The number of unbranched alkanes of at least 4 members (excludes halogenated alkanes) is 2. The van der Waals surface area contributed by atoms with E-state index in [0.29, 0.717) is 37.3 Å². The van der Waals surface area contributed by atoms with E-state index in [0.717, 1.165) is 53.4 Å². The Bertz CT molecular complexity index is 1350. The Kier molecular flexibility index (Phi) is 7.90. The van der Waals surface area contributed by atoms with Crippen molar-refractivity contribution in [3.8, 4) is 0 Å². The molecule has 2 heterocycles. The van der Waals surface area contributed by atoms with E-state index in [1.54, 1.807) is 18.2 Å². The van der Waals surface area contributed by atoms with Crippen LogP contribution in [0.15, 0.2) is 48.2 Å². The predicted molar refractivity (Wildman–Crippen MR) is 141 cm³/mol. The molecule has 1 aliphatic carbocycles. The maximum absolute atomic E-state index is 12.4. The molecule has 1 aliphatic rings. The van der Waals surface area contributed by atoms with Gasteiger partial charge in [0.05, 0.1) is 11.0 Å². The Morgan fingerprint density at radius 2 is 1.88 bits per heavy atom. The van der Waals surface area contributed by atoms with Gasteiger partial charge in [0.2, 0.25) is 10.0 Å². The number of sulfonamides is 1. The standard InChI is InChI=1S/C24H32N6O2S.ClH/c1-2-3-10-20-29-21-22(18-8-4-5-9-19(18)28-23(21)26)30(20)16-7-6-13-24(33(27,31)32)14-11-17(25)12-15-24;/h4-5,8-9,11-12,14H,2-3,6-7,10,13,15-16,25H2,1H3,(H2,26,28)(H2,27,31,32);1H. The summed E-state index contributed by atoms with van der Waals surface area (Å²) in [6.07, 6.45) is 10.2. The number of allylic oxidation sites excluding steroid dienone is 2. The van der Waals surface area contributed by atoms with Crippen molar-refractivity contribution in [1.29, 1.82) is 0 Å². The number of nitrogens with zero attached hydrogens (tertiary/aromatic N) is 3. The zero-order valence-corrected chi connectivity index (χ0v) is 21.0. The third-order valence-corrected chi connectivity index (χ3v) is 8.14. The Balaban J connectivity index is 0.00000324. The first-order valence-corrected chi connectivity index (χ1v) is 13.0. The Hall–Kier alpha value is -2.62. The number of hydrogen-bond acceptors (Lipinski definition) is 6. The molecule has 6 N–H and O–H groups in total. The van der Waals surface area contributed by atoms with E-state index in [-0.39, 0.29) is 12.4 Å². The lowest BCUT2D eigenvalue weighted by atomic mass is 9.93. The zero-order chi connectivity index (χ0) is 23.6. The molecule has 34 heavy (non-hydrogen) atoms. The fraction of sp³-hybridized carbons (Fsp3) is 0.417. The molecule has 0 amide bonds. The van der Waals surface area contributed by atoms with Crippen LogP contribution < -0.4 is 16.6 Å². The van der Waals surface area contributed by atoms with Crippen LogP contribution in [0.3, 0.4) is 0 Å². The lowest BCUT2D eigenvalue weighted by molar-refractivity contribution is 0.497. The highest BCUT2D eigenvalue weighted by Crippen LogP contribution is 2.33. The summed E-state index contributed by atoms with van der Waals surface area (Å²) in [5.41, 5.74) is 15.2. The summed E-state index contributed by atoms with van der Waals surface area (Å²) < 4.78 is 25.9. The van der Waals surface area contributed by atoms with Gasteiger partial charge in [0.15, 0.2) is 5.82 Å². The van der Waals surface area contributed by atoms with Gasteiger partial charge in [0.25, 0.3) is 0 Å². The van der Waals surface area contributed by atoms with Crippen molar-refractivity contribution in [3.63, 3.8) is 0 Å². The second-order valence-corrected chi connectivity index (χ2v) is 10.7. The molecule has 2 aromatic heterocycles. The Morgan fingerprint density at radius 1 is 1.12 bits per heavy atom. The molecule has 184 valence electrons. The van der Waals surface area contributed by atoms with Crippen molar-refractivity contribution in [1.82, 2.24) is 14.5 Å². The van der Waals surface area contributed by atoms with Gasteiger partial charge in [-0.2, -0.15) is 0 Å². The van der Waals surface area contributed by atoms with E-state index in [1.165, 1.54) is 0 Å². The summed E-state index contributed by atoms with van der Waals surface area (Å²) in [6, 6.07) is 7.95. The molecule has 0 saturated carbocycles. The van der Waals surface area contributed by atoms with Crippen LogP contribution in [0.2, 0.25) is 0 Å². The fourth-order valence-electron chi connectivity index (χ4n) is 4.58. The molecule has 3 aromatic rings. The first-order chi connectivity index (χ1) is 15.8. The maximum Gasteiger partial charge on any atom is 0.218 e. The van der Waals surface area contributed by atoms with Crippen LogP contribution >= 0.6 is 12.4 Å². The normalized spacial score (nSPS) is 18.2. The average molecular weight is 505 g/mol. The molecule has 0 aliphatic heterocycles. The lowest BCUT2D eigenvalue weighted by Crippen LogP contribution is -2.42. The number of nitrogen functional groups attached to an aromatic ring is 1. The van der Waals surface area contributed by atoms with Crippen LogP contribution in [0.5, 0.6) is 0 Å². The number of anilines is 1. The van der Waals surface area contributed by atoms with Crippen LogP contribution in [-0.4, -0.2) is 27.7 Å². The molecule has 0 bridgehead atoms. The van der Waals surface area contributed by atoms with Gasteiger partial charge in [0.1, 0.15) is 16.1 Å². The smallest absolute Gasteiger partial charge is 0.218 e. The van der Waals surface area contributed by atoms with Gasteiger partial charge in [-0.1, -0.05) is 43.7 Å². The third-order valence-electron chi connectivity index (χ3n) is 6.50. The lowest BCUT2D eigenvalue weighted by Gasteiger charge is -2.29. The van der Waals surface area contributed by atoms with Gasteiger partial charge in [-0.05, 0) is 44.2 Å². The monoisotopic (exact) mass is 504 g/mol. The summed E-state index contributed by atoms with van der Waals surface area (Å²) in [6.45, 7) is 2.87. The number of fused-ring (bicyclic) bond motifs is 3. The molecule has 0 radical (unpaired) electrons. The third kappa shape index (κ3) is 4.92. The van der Waals surface area contributed by atoms with Crippen LogP contribution in [0.1, 0.15) is 51.3 Å². The number of pyridine rings is 1.